The Hall–Kier alpha value is -0.550. The topological polar surface area (TPSA) is 37.4 Å². The summed E-state index contributed by atoms with van der Waals surface area (Å²) in [5.74, 6) is -11.2. The average molecular weight is 373 g/mol. The molecule has 4 nitrogen and oxygen atoms in total. The van der Waals surface area contributed by atoms with E-state index in [4.69, 9.17) is 0 Å². The molecule has 0 bridgehead atoms. The molecule has 0 N–H and O–H groups in total. The van der Waals surface area contributed by atoms with E-state index in [2.05, 4.69) is 0 Å². The first-order chi connectivity index (χ1) is 10.00. The number of sulfonamides is 1. The number of quaternary nitrogens is 1. The first-order valence-corrected chi connectivity index (χ1v) is 8.37. The van der Waals surface area contributed by atoms with Crippen molar-refractivity contribution in [2.45, 2.75) is 37.9 Å². The van der Waals surface area contributed by atoms with Crippen LogP contribution < -0.4 is 0 Å². The van der Waals surface area contributed by atoms with Gasteiger partial charge in [0.05, 0.1) is 33.2 Å². The van der Waals surface area contributed by atoms with Gasteiger partial charge in [0.2, 0.25) is 0 Å². The number of hydrogen-bond donors (Lipinski definition) is 0. The second kappa shape index (κ2) is 6.75. The molecule has 0 aliphatic heterocycles. The van der Waals surface area contributed by atoms with Crippen LogP contribution in [0, 0.1) is 0 Å². The molecule has 0 saturated heterocycles. The van der Waals surface area contributed by atoms with E-state index >= 15 is 0 Å². The number of likely N-dealkylation sites (N-methyl/N-ethyl adjacent to an activating group) is 2. The molecule has 0 aromatic carbocycles. The molecule has 0 aliphatic rings. The quantitative estimate of drug-likeness (QED) is 0.460. The van der Waals surface area contributed by atoms with Crippen LogP contribution in [0.2, 0.25) is 0 Å². The van der Waals surface area contributed by atoms with E-state index in [-0.39, 0.29) is 10.8 Å². The standard InChI is InChI=1S/C12H23F6N2O2S/c1-6-20(5,7-2)9-8-19(4)23(21,22)12(17,18)11(15,16)10(3,13)14/h6-9H2,1-5H3/q+1. The van der Waals surface area contributed by atoms with Crippen LogP contribution in [0.4, 0.5) is 26.3 Å². The fourth-order valence-corrected chi connectivity index (χ4v) is 2.87. The van der Waals surface area contributed by atoms with Crippen molar-refractivity contribution >= 4 is 10.0 Å². The summed E-state index contributed by atoms with van der Waals surface area (Å²) < 4.78 is 103. The van der Waals surface area contributed by atoms with Crippen LogP contribution in [0.3, 0.4) is 0 Å². The zero-order chi connectivity index (χ0) is 18.9. The largest absolute Gasteiger partial charge is 0.427 e. The van der Waals surface area contributed by atoms with Crippen molar-refractivity contribution in [3.8, 4) is 0 Å². The van der Waals surface area contributed by atoms with Crippen LogP contribution in [0.25, 0.3) is 0 Å². The molecule has 0 saturated carbocycles. The highest BCUT2D eigenvalue weighted by Gasteiger charge is 2.76. The Bertz CT molecular complexity index is 500. The molecule has 140 valence electrons. The van der Waals surface area contributed by atoms with Crippen LogP contribution in [-0.2, 0) is 10.0 Å². The van der Waals surface area contributed by atoms with Crippen LogP contribution in [0.5, 0.6) is 0 Å². The molecule has 0 aromatic heterocycles. The molecular formula is C12H23F6N2O2S+. The van der Waals surface area contributed by atoms with Gasteiger partial charge in [0.15, 0.2) is 0 Å². The van der Waals surface area contributed by atoms with E-state index in [0.29, 0.717) is 24.6 Å². The van der Waals surface area contributed by atoms with Crippen molar-refractivity contribution in [2.75, 3.05) is 40.3 Å². The molecule has 0 radical (unpaired) electrons. The third-order valence-corrected chi connectivity index (χ3v) is 6.04. The van der Waals surface area contributed by atoms with Gasteiger partial charge in [0.1, 0.15) is 0 Å². The van der Waals surface area contributed by atoms with Crippen molar-refractivity contribution in [3.63, 3.8) is 0 Å². The van der Waals surface area contributed by atoms with E-state index in [1.54, 1.807) is 20.9 Å². The maximum Gasteiger partial charge on any atom is 0.427 e. The fourth-order valence-electron chi connectivity index (χ4n) is 1.66. The summed E-state index contributed by atoms with van der Waals surface area (Å²) in [6.45, 7) is 3.83. The maximum atomic E-state index is 13.6. The van der Waals surface area contributed by atoms with Gasteiger partial charge in [-0.3, -0.25) is 0 Å². The van der Waals surface area contributed by atoms with Crippen LogP contribution in [0.1, 0.15) is 20.8 Å². The predicted octanol–water partition coefficient (Wildman–Crippen LogP) is 2.62. The molecule has 0 spiro atoms. The van der Waals surface area contributed by atoms with Crippen LogP contribution in [-0.4, -0.2) is 74.6 Å². The van der Waals surface area contributed by atoms with Gasteiger partial charge in [-0.2, -0.15) is 30.6 Å². The molecule has 0 amide bonds. The fraction of sp³-hybridized carbons (Fsp3) is 1.00. The van der Waals surface area contributed by atoms with Gasteiger partial charge in [-0.1, -0.05) is 0 Å². The van der Waals surface area contributed by atoms with E-state index in [0.717, 1.165) is 0 Å². The summed E-state index contributed by atoms with van der Waals surface area (Å²) in [5.41, 5.74) is 0. The Morgan fingerprint density at radius 2 is 1.39 bits per heavy atom. The van der Waals surface area contributed by atoms with Gasteiger partial charge >= 0.3 is 17.1 Å². The molecule has 0 heterocycles. The zero-order valence-corrected chi connectivity index (χ0v) is 14.5. The third kappa shape index (κ3) is 4.11. The lowest BCUT2D eigenvalue weighted by Gasteiger charge is -2.35. The summed E-state index contributed by atoms with van der Waals surface area (Å²) in [4.78, 5) is 0. The van der Waals surface area contributed by atoms with Crippen LogP contribution >= 0.6 is 0 Å². The first kappa shape index (κ1) is 22.4. The van der Waals surface area contributed by atoms with E-state index in [9.17, 15) is 34.8 Å². The molecule has 0 aromatic rings. The normalized spacial score (nSPS) is 15.3. The molecule has 0 fully saturated rings. The third-order valence-electron chi connectivity index (χ3n) is 4.13. The van der Waals surface area contributed by atoms with Crippen molar-refractivity contribution in [1.82, 2.24) is 4.31 Å². The highest BCUT2D eigenvalue weighted by Crippen LogP contribution is 2.48. The number of halogens is 6. The van der Waals surface area contributed by atoms with Gasteiger partial charge in [-0.15, -0.1) is 0 Å². The van der Waals surface area contributed by atoms with Gasteiger partial charge in [-0.25, -0.2) is 8.42 Å². The summed E-state index contributed by atoms with van der Waals surface area (Å²) in [6.07, 6.45) is 0. The lowest BCUT2D eigenvalue weighted by Crippen LogP contribution is -2.60. The SMILES string of the molecule is CC[N+](C)(CC)CCN(C)S(=O)(=O)C(F)(F)C(F)(F)C(C)(F)F. The number of hydrogen-bond acceptors (Lipinski definition) is 2. The summed E-state index contributed by atoms with van der Waals surface area (Å²) in [6, 6.07) is 0. The lowest BCUT2D eigenvalue weighted by molar-refractivity contribution is -0.905. The Labute approximate surface area is 132 Å². The second-order valence-corrected chi connectivity index (χ2v) is 7.87. The minimum Gasteiger partial charge on any atom is -0.325 e. The van der Waals surface area contributed by atoms with E-state index in [1.807, 2.05) is 0 Å². The summed E-state index contributed by atoms with van der Waals surface area (Å²) in [7, 11) is -3.56. The minimum atomic E-state index is -6.03. The Morgan fingerprint density at radius 1 is 1.00 bits per heavy atom. The minimum absolute atomic E-state index is 0.00840. The maximum absolute atomic E-state index is 13.6. The highest BCUT2D eigenvalue weighted by molar-refractivity contribution is 7.90. The highest BCUT2D eigenvalue weighted by atomic mass is 32.2. The number of rotatable bonds is 9. The monoisotopic (exact) mass is 373 g/mol. The molecule has 0 unspecified atom stereocenters. The van der Waals surface area contributed by atoms with Gasteiger partial charge in [0.25, 0.3) is 10.0 Å². The molecular weight excluding hydrogens is 350 g/mol. The smallest absolute Gasteiger partial charge is 0.325 e. The van der Waals surface area contributed by atoms with Gasteiger partial charge in [0, 0.05) is 14.0 Å². The Kier molecular flexibility index (Phi) is 6.59. The molecule has 23 heavy (non-hydrogen) atoms. The molecule has 0 aliphatic carbocycles. The van der Waals surface area contributed by atoms with E-state index < -0.39 is 40.6 Å². The summed E-state index contributed by atoms with van der Waals surface area (Å²) in [5, 5.41) is -5.92. The van der Waals surface area contributed by atoms with Gasteiger partial charge < -0.3 is 4.48 Å². The average Bonchev–Trinajstić information content (AvgIpc) is 2.42. The van der Waals surface area contributed by atoms with Gasteiger partial charge in [-0.05, 0) is 13.8 Å². The molecule has 11 heteroatoms. The van der Waals surface area contributed by atoms with Crippen LogP contribution in [0.15, 0.2) is 0 Å². The van der Waals surface area contributed by atoms with Crippen molar-refractivity contribution in [2.24, 2.45) is 0 Å². The predicted molar refractivity (Wildman–Crippen MR) is 74.2 cm³/mol. The summed E-state index contributed by atoms with van der Waals surface area (Å²) >= 11 is 0. The lowest BCUT2D eigenvalue weighted by atomic mass is 10.2. The molecule has 0 rings (SSSR count). The second-order valence-electron chi connectivity index (χ2n) is 5.78. The number of alkyl halides is 6. The Morgan fingerprint density at radius 3 is 1.70 bits per heavy atom. The molecule has 0 atom stereocenters. The zero-order valence-electron chi connectivity index (χ0n) is 13.7. The van der Waals surface area contributed by atoms with Crippen molar-refractivity contribution in [1.29, 1.82) is 0 Å². The number of nitrogens with zero attached hydrogens (tertiary/aromatic N) is 2. The Balaban J connectivity index is 5.48. The van der Waals surface area contributed by atoms with Crippen molar-refractivity contribution < 1.29 is 39.2 Å². The van der Waals surface area contributed by atoms with E-state index in [1.165, 1.54) is 0 Å². The first-order valence-electron chi connectivity index (χ1n) is 6.93. The van der Waals surface area contributed by atoms with Crippen molar-refractivity contribution in [3.05, 3.63) is 0 Å².